The number of hydrogen-bond donors (Lipinski definition) is 0. The SMILES string of the molecule is C=Cc1coc(-c2cc3c(OC)ccc(OC)c3cc2OS(=O)(=O)C(F)(F)F)c1C(=C)C. The molecule has 1 heterocycles. The predicted octanol–water partition coefficient (Wildman–Crippen LogP) is 6.02. The van der Waals surface area contributed by atoms with Gasteiger partial charge in [0.25, 0.3) is 0 Å². The molecule has 0 aliphatic carbocycles. The molecular weight excluding hydrogens is 449 g/mol. The van der Waals surface area contributed by atoms with Crippen molar-refractivity contribution in [1.82, 2.24) is 0 Å². The van der Waals surface area contributed by atoms with E-state index in [9.17, 15) is 21.6 Å². The maximum absolute atomic E-state index is 13.1. The Balaban J connectivity index is 2.44. The van der Waals surface area contributed by atoms with Crippen LogP contribution in [-0.4, -0.2) is 28.1 Å². The number of fused-ring (bicyclic) bond motifs is 1. The van der Waals surface area contributed by atoms with Crippen molar-refractivity contribution in [3.63, 3.8) is 0 Å². The zero-order valence-corrected chi connectivity index (χ0v) is 18.2. The molecule has 0 N–H and O–H groups in total. The van der Waals surface area contributed by atoms with Crippen LogP contribution in [0.3, 0.4) is 0 Å². The van der Waals surface area contributed by atoms with Crippen molar-refractivity contribution in [2.75, 3.05) is 14.2 Å². The lowest BCUT2D eigenvalue weighted by molar-refractivity contribution is -0.0499. The van der Waals surface area contributed by atoms with E-state index in [1.54, 1.807) is 13.0 Å². The first-order chi connectivity index (χ1) is 14.9. The molecule has 10 heteroatoms. The number of alkyl halides is 3. The van der Waals surface area contributed by atoms with Crippen molar-refractivity contribution < 1.29 is 39.7 Å². The fraction of sp³-hybridized carbons (Fsp3) is 0.182. The summed E-state index contributed by atoms with van der Waals surface area (Å²) in [6.45, 7) is 9.22. The Labute approximate surface area is 182 Å². The maximum atomic E-state index is 13.1. The lowest BCUT2D eigenvalue weighted by Crippen LogP contribution is -2.28. The third-order valence-corrected chi connectivity index (χ3v) is 5.64. The molecule has 0 bridgehead atoms. The summed E-state index contributed by atoms with van der Waals surface area (Å²) >= 11 is 0. The zero-order valence-electron chi connectivity index (χ0n) is 17.4. The van der Waals surface area contributed by atoms with Crippen molar-refractivity contribution in [3.05, 3.63) is 54.8 Å². The molecule has 170 valence electrons. The third-order valence-electron chi connectivity index (χ3n) is 4.67. The minimum absolute atomic E-state index is 0.0528. The molecule has 3 aromatic rings. The van der Waals surface area contributed by atoms with Crippen molar-refractivity contribution in [2.45, 2.75) is 12.4 Å². The highest BCUT2D eigenvalue weighted by Crippen LogP contribution is 2.45. The maximum Gasteiger partial charge on any atom is 0.534 e. The molecule has 0 atom stereocenters. The van der Waals surface area contributed by atoms with Gasteiger partial charge >= 0.3 is 15.6 Å². The average molecular weight is 468 g/mol. The molecule has 0 amide bonds. The first kappa shape index (κ1) is 23.3. The van der Waals surface area contributed by atoms with Gasteiger partial charge in [0.1, 0.15) is 17.3 Å². The number of hydrogen-bond acceptors (Lipinski definition) is 6. The quantitative estimate of drug-likeness (QED) is 0.312. The van der Waals surface area contributed by atoms with Crippen molar-refractivity contribution >= 4 is 32.5 Å². The standard InChI is InChI=1S/C22H19F3O6S/c1-6-13-11-30-21(20(13)12(2)3)16-9-14-15(18(29-5)8-7-17(14)28-4)10-19(16)31-32(26,27)22(23,24)25/h6-11H,1-2H2,3-5H3. The smallest absolute Gasteiger partial charge is 0.496 e. The van der Waals surface area contributed by atoms with E-state index in [0.717, 1.165) is 6.07 Å². The van der Waals surface area contributed by atoms with Crippen molar-refractivity contribution in [3.8, 4) is 28.6 Å². The summed E-state index contributed by atoms with van der Waals surface area (Å²) in [6, 6.07) is 5.68. The molecule has 0 saturated carbocycles. The predicted molar refractivity (Wildman–Crippen MR) is 115 cm³/mol. The number of halogens is 3. The topological polar surface area (TPSA) is 75.0 Å². The molecule has 6 nitrogen and oxygen atoms in total. The van der Waals surface area contributed by atoms with Crippen LogP contribution in [0.4, 0.5) is 13.2 Å². The lowest BCUT2D eigenvalue weighted by Gasteiger charge is -2.16. The van der Waals surface area contributed by atoms with E-state index in [0.29, 0.717) is 27.8 Å². The van der Waals surface area contributed by atoms with Gasteiger partial charge in [-0.15, -0.1) is 0 Å². The summed E-state index contributed by atoms with van der Waals surface area (Å²) in [4.78, 5) is 0. The van der Waals surface area contributed by atoms with Gasteiger partial charge in [-0.05, 0) is 36.8 Å². The Morgan fingerprint density at radius 1 is 1.06 bits per heavy atom. The van der Waals surface area contributed by atoms with Crippen LogP contribution in [-0.2, 0) is 10.1 Å². The van der Waals surface area contributed by atoms with Gasteiger partial charge in [0.2, 0.25) is 0 Å². The zero-order chi connectivity index (χ0) is 23.8. The van der Waals surface area contributed by atoms with E-state index in [2.05, 4.69) is 17.3 Å². The van der Waals surface area contributed by atoms with Gasteiger partial charge in [-0.2, -0.15) is 21.6 Å². The van der Waals surface area contributed by atoms with Crippen LogP contribution in [0.15, 0.2) is 48.1 Å². The minimum Gasteiger partial charge on any atom is -0.496 e. The van der Waals surface area contributed by atoms with Gasteiger partial charge < -0.3 is 18.1 Å². The molecule has 0 saturated heterocycles. The van der Waals surface area contributed by atoms with Gasteiger partial charge in [-0.1, -0.05) is 19.2 Å². The molecule has 32 heavy (non-hydrogen) atoms. The Bertz CT molecular complexity index is 1320. The number of furan rings is 1. The van der Waals surface area contributed by atoms with Gasteiger partial charge in [-0.25, -0.2) is 0 Å². The summed E-state index contributed by atoms with van der Waals surface area (Å²) in [7, 11) is -3.19. The van der Waals surface area contributed by atoms with E-state index < -0.39 is 21.4 Å². The van der Waals surface area contributed by atoms with E-state index >= 15 is 0 Å². The molecule has 0 fully saturated rings. The highest BCUT2D eigenvalue weighted by molar-refractivity contribution is 7.88. The van der Waals surface area contributed by atoms with Crippen LogP contribution in [0.5, 0.6) is 17.2 Å². The molecule has 0 aliphatic rings. The Hall–Kier alpha value is -3.40. The Morgan fingerprint density at radius 3 is 2.09 bits per heavy atom. The lowest BCUT2D eigenvalue weighted by atomic mass is 9.97. The second-order valence-electron chi connectivity index (χ2n) is 6.73. The number of methoxy groups -OCH3 is 2. The summed E-state index contributed by atoms with van der Waals surface area (Å²) in [6.07, 6.45) is 2.82. The number of ether oxygens (including phenoxy) is 2. The van der Waals surface area contributed by atoms with Crippen LogP contribution < -0.4 is 13.7 Å². The van der Waals surface area contributed by atoms with Gasteiger partial charge in [0, 0.05) is 21.9 Å². The molecule has 0 aliphatic heterocycles. The summed E-state index contributed by atoms with van der Waals surface area (Å²) < 4.78 is 83.7. The number of benzene rings is 2. The van der Waals surface area contributed by atoms with Crippen LogP contribution in [0.1, 0.15) is 18.1 Å². The van der Waals surface area contributed by atoms with E-state index in [1.165, 1.54) is 38.7 Å². The largest absolute Gasteiger partial charge is 0.534 e. The third kappa shape index (κ3) is 3.93. The first-order valence-electron chi connectivity index (χ1n) is 9.04. The van der Waals surface area contributed by atoms with Gasteiger partial charge in [0.05, 0.1) is 26.0 Å². The Morgan fingerprint density at radius 2 is 1.62 bits per heavy atom. The second kappa shape index (κ2) is 8.27. The monoisotopic (exact) mass is 468 g/mol. The minimum atomic E-state index is -5.97. The van der Waals surface area contributed by atoms with Crippen molar-refractivity contribution in [2.24, 2.45) is 0 Å². The Kier molecular flexibility index (Phi) is 6.01. The van der Waals surface area contributed by atoms with Gasteiger partial charge in [-0.3, -0.25) is 0 Å². The van der Waals surface area contributed by atoms with Gasteiger partial charge in [0.15, 0.2) is 5.75 Å². The van der Waals surface area contributed by atoms with Crippen LogP contribution >= 0.6 is 0 Å². The number of rotatable bonds is 7. The van der Waals surface area contributed by atoms with E-state index in [4.69, 9.17) is 13.9 Å². The molecule has 0 unspecified atom stereocenters. The summed E-state index contributed by atoms with van der Waals surface area (Å²) in [5.74, 6) is 0.105. The normalized spacial score (nSPS) is 11.9. The summed E-state index contributed by atoms with van der Waals surface area (Å²) in [5, 5.41) is 0.707. The number of allylic oxidation sites excluding steroid dienone is 1. The molecule has 1 aromatic heterocycles. The van der Waals surface area contributed by atoms with Crippen LogP contribution in [0.25, 0.3) is 33.7 Å². The summed E-state index contributed by atoms with van der Waals surface area (Å²) in [5.41, 5.74) is -4.20. The molecule has 0 radical (unpaired) electrons. The first-order valence-corrected chi connectivity index (χ1v) is 10.5. The van der Waals surface area contributed by atoms with E-state index in [-0.39, 0.29) is 22.5 Å². The highest BCUT2D eigenvalue weighted by atomic mass is 32.2. The molecular formula is C22H19F3O6S. The van der Waals surface area contributed by atoms with Crippen LogP contribution in [0, 0.1) is 0 Å². The average Bonchev–Trinajstić information content (AvgIpc) is 3.15. The van der Waals surface area contributed by atoms with Crippen molar-refractivity contribution in [1.29, 1.82) is 0 Å². The second-order valence-corrected chi connectivity index (χ2v) is 8.26. The fourth-order valence-electron chi connectivity index (χ4n) is 3.25. The van der Waals surface area contributed by atoms with Crippen LogP contribution in [0.2, 0.25) is 0 Å². The molecule has 0 spiro atoms. The van der Waals surface area contributed by atoms with E-state index in [1.807, 2.05) is 0 Å². The molecule has 2 aromatic carbocycles. The highest BCUT2D eigenvalue weighted by Gasteiger charge is 2.49. The molecule has 3 rings (SSSR count). The fourth-order valence-corrected chi connectivity index (χ4v) is 3.71.